The van der Waals surface area contributed by atoms with Crippen molar-refractivity contribution in [1.82, 2.24) is 9.97 Å². The fourth-order valence-corrected chi connectivity index (χ4v) is 2.06. The lowest BCUT2D eigenvalue weighted by Gasteiger charge is -2.08. The largest absolute Gasteiger partial charge is 0.491 e. The molecular formula is C15H17N6O2+. The standard InChI is InChI=1S/C15H17N6O2/c1-21-9-17-12-13(16)19-15(20-14(12)21)18-10-4-3-5-11(8-10)23-7-6-22-2/h3-5,8-9H,1,6-7H2,2H3,(H3,16,18,19,20)/q+1. The number of hydrogen-bond acceptors (Lipinski definition) is 7. The highest BCUT2D eigenvalue weighted by molar-refractivity contribution is 5.80. The Hall–Kier alpha value is -3.00. The lowest BCUT2D eigenvalue weighted by atomic mass is 10.3. The molecule has 118 valence electrons. The second-order valence-electron chi connectivity index (χ2n) is 4.81. The van der Waals surface area contributed by atoms with Gasteiger partial charge < -0.3 is 20.5 Å². The minimum Gasteiger partial charge on any atom is -0.491 e. The molecule has 3 N–H and O–H groups in total. The number of hydrogen-bond donors (Lipinski definition) is 2. The predicted molar refractivity (Wildman–Crippen MR) is 88.7 cm³/mol. The molecule has 2 heterocycles. The Bertz CT molecular complexity index is 775. The summed E-state index contributed by atoms with van der Waals surface area (Å²) >= 11 is 0. The number of nitrogens with two attached hydrogens (primary N) is 1. The number of nitrogens with zero attached hydrogens (tertiary/aromatic N) is 4. The SMILES string of the molecule is C=[N+]1C=Nc2c(N)nc(Nc3cccc(OCCOC)c3)nc21. The first-order chi connectivity index (χ1) is 11.2. The Morgan fingerprint density at radius 2 is 2.17 bits per heavy atom. The first-order valence-corrected chi connectivity index (χ1v) is 6.97. The summed E-state index contributed by atoms with van der Waals surface area (Å²) in [6, 6.07) is 7.47. The van der Waals surface area contributed by atoms with E-state index in [0.717, 1.165) is 11.4 Å². The van der Waals surface area contributed by atoms with Gasteiger partial charge in [0.1, 0.15) is 12.4 Å². The van der Waals surface area contributed by atoms with E-state index in [-0.39, 0.29) is 0 Å². The highest BCUT2D eigenvalue weighted by Gasteiger charge is 2.26. The van der Waals surface area contributed by atoms with E-state index >= 15 is 0 Å². The van der Waals surface area contributed by atoms with E-state index < -0.39 is 0 Å². The smallest absolute Gasteiger partial charge is 0.317 e. The van der Waals surface area contributed by atoms with Crippen molar-refractivity contribution in [3.8, 4) is 5.75 Å². The highest BCUT2D eigenvalue weighted by Crippen LogP contribution is 2.34. The summed E-state index contributed by atoms with van der Waals surface area (Å²) in [5.41, 5.74) is 7.22. The summed E-state index contributed by atoms with van der Waals surface area (Å²) < 4.78 is 12.1. The minimum absolute atomic E-state index is 0.299. The van der Waals surface area contributed by atoms with Gasteiger partial charge >= 0.3 is 11.8 Å². The molecule has 1 aliphatic rings. The van der Waals surface area contributed by atoms with E-state index in [4.69, 9.17) is 15.2 Å². The molecule has 0 amide bonds. The Morgan fingerprint density at radius 1 is 1.30 bits per heavy atom. The zero-order valence-corrected chi connectivity index (χ0v) is 12.7. The third kappa shape index (κ3) is 3.27. The molecule has 1 aliphatic heterocycles. The lowest BCUT2D eigenvalue weighted by molar-refractivity contribution is -0.282. The summed E-state index contributed by atoms with van der Waals surface area (Å²) in [5.74, 6) is 1.96. The van der Waals surface area contributed by atoms with Gasteiger partial charge in [-0.1, -0.05) is 16.0 Å². The van der Waals surface area contributed by atoms with Gasteiger partial charge in [-0.05, 0) is 12.1 Å². The number of fused-ring (bicyclic) bond motifs is 1. The van der Waals surface area contributed by atoms with Crippen molar-refractivity contribution < 1.29 is 14.0 Å². The third-order valence-electron chi connectivity index (χ3n) is 3.14. The third-order valence-corrected chi connectivity index (χ3v) is 3.14. The molecule has 1 aromatic heterocycles. The van der Waals surface area contributed by atoms with Crippen LogP contribution in [0, 0.1) is 0 Å². The lowest BCUT2D eigenvalue weighted by Crippen LogP contribution is -2.05. The number of rotatable bonds is 6. The summed E-state index contributed by atoms with van der Waals surface area (Å²) in [5, 5.41) is 3.10. The Kier molecular flexibility index (Phi) is 4.15. The van der Waals surface area contributed by atoms with E-state index in [1.54, 1.807) is 18.0 Å². The molecule has 0 spiro atoms. The van der Waals surface area contributed by atoms with Crippen molar-refractivity contribution in [2.45, 2.75) is 0 Å². The topological polar surface area (TPSA) is 97.7 Å². The average molecular weight is 313 g/mol. The van der Waals surface area contributed by atoms with Crippen molar-refractivity contribution in [1.29, 1.82) is 0 Å². The number of benzene rings is 1. The number of aliphatic imine (C=N–C) groups is 1. The normalized spacial score (nSPS) is 12.3. The van der Waals surface area contributed by atoms with Crippen LogP contribution in [0.5, 0.6) is 5.75 Å². The zero-order valence-electron chi connectivity index (χ0n) is 12.7. The van der Waals surface area contributed by atoms with E-state index in [1.165, 1.54) is 0 Å². The van der Waals surface area contributed by atoms with Crippen molar-refractivity contribution in [2.24, 2.45) is 4.99 Å². The molecule has 2 aromatic rings. The van der Waals surface area contributed by atoms with Crippen LogP contribution >= 0.6 is 0 Å². The van der Waals surface area contributed by atoms with E-state index in [2.05, 4.69) is 27.0 Å². The summed E-state index contributed by atoms with van der Waals surface area (Å²) in [6.07, 6.45) is 1.55. The van der Waals surface area contributed by atoms with Crippen molar-refractivity contribution in [3.63, 3.8) is 0 Å². The number of aromatic nitrogens is 2. The van der Waals surface area contributed by atoms with Crippen LogP contribution in [-0.4, -0.2) is 47.9 Å². The molecule has 8 nitrogen and oxygen atoms in total. The van der Waals surface area contributed by atoms with Crippen molar-refractivity contribution >= 4 is 42.0 Å². The van der Waals surface area contributed by atoms with Gasteiger partial charge in [-0.15, -0.1) is 0 Å². The molecular weight excluding hydrogens is 296 g/mol. The van der Waals surface area contributed by atoms with E-state index in [0.29, 0.717) is 36.5 Å². The Morgan fingerprint density at radius 3 is 3.00 bits per heavy atom. The number of methoxy groups -OCH3 is 1. The summed E-state index contributed by atoms with van der Waals surface area (Å²) in [6.45, 7) is 4.81. The maximum atomic E-state index is 5.90. The molecule has 0 saturated carbocycles. The molecule has 0 saturated heterocycles. The number of nitrogen functional groups attached to an aromatic ring is 1. The molecule has 0 bridgehead atoms. The number of nitrogens with one attached hydrogen (secondary N) is 1. The summed E-state index contributed by atoms with van der Waals surface area (Å²) in [4.78, 5) is 12.7. The molecule has 0 fully saturated rings. The van der Waals surface area contributed by atoms with Gasteiger partial charge in [0.05, 0.1) is 6.61 Å². The maximum absolute atomic E-state index is 5.90. The van der Waals surface area contributed by atoms with E-state index in [1.807, 2.05) is 24.3 Å². The van der Waals surface area contributed by atoms with Crippen LogP contribution in [0.15, 0.2) is 29.3 Å². The number of anilines is 3. The minimum atomic E-state index is 0.299. The van der Waals surface area contributed by atoms with Gasteiger partial charge in [0, 0.05) is 25.6 Å². The Labute approximate surface area is 133 Å². The molecule has 1 aromatic carbocycles. The second kappa shape index (κ2) is 6.41. The molecule has 0 radical (unpaired) electrons. The monoisotopic (exact) mass is 313 g/mol. The molecule has 3 rings (SSSR count). The van der Waals surface area contributed by atoms with Crippen LogP contribution < -0.4 is 15.8 Å². The Balaban J connectivity index is 1.78. The van der Waals surface area contributed by atoms with Crippen LogP contribution in [-0.2, 0) is 4.74 Å². The average Bonchev–Trinajstić information content (AvgIpc) is 2.90. The number of ether oxygens (including phenoxy) is 2. The molecule has 0 unspecified atom stereocenters. The van der Waals surface area contributed by atoms with Crippen LogP contribution in [0.25, 0.3) is 0 Å². The zero-order chi connectivity index (χ0) is 16.2. The van der Waals surface area contributed by atoms with Gasteiger partial charge in [0.25, 0.3) is 5.69 Å². The van der Waals surface area contributed by atoms with Gasteiger partial charge in [0.15, 0.2) is 5.82 Å². The first-order valence-electron chi connectivity index (χ1n) is 6.97. The van der Waals surface area contributed by atoms with Crippen LogP contribution in [0.4, 0.5) is 29.0 Å². The van der Waals surface area contributed by atoms with E-state index in [9.17, 15) is 0 Å². The van der Waals surface area contributed by atoms with Crippen LogP contribution in [0.3, 0.4) is 0 Å². The fraction of sp³-hybridized carbons (Fsp3) is 0.200. The second-order valence-corrected chi connectivity index (χ2v) is 4.81. The van der Waals surface area contributed by atoms with Crippen LogP contribution in [0.2, 0.25) is 0 Å². The highest BCUT2D eigenvalue weighted by atomic mass is 16.5. The van der Waals surface area contributed by atoms with Crippen LogP contribution in [0.1, 0.15) is 0 Å². The van der Waals surface area contributed by atoms with Gasteiger partial charge in [-0.25, -0.2) is 4.58 Å². The van der Waals surface area contributed by atoms with Crippen molar-refractivity contribution in [3.05, 3.63) is 24.3 Å². The fourth-order valence-electron chi connectivity index (χ4n) is 2.06. The quantitative estimate of drug-likeness (QED) is 0.624. The molecule has 23 heavy (non-hydrogen) atoms. The van der Waals surface area contributed by atoms with Gasteiger partial charge in [-0.3, -0.25) is 0 Å². The molecule has 8 heteroatoms. The first kappa shape index (κ1) is 14.9. The molecule has 0 atom stereocenters. The maximum Gasteiger partial charge on any atom is 0.317 e. The van der Waals surface area contributed by atoms with Gasteiger partial charge in [0.2, 0.25) is 6.34 Å². The van der Waals surface area contributed by atoms with Gasteiger partial charge in [-0.2, -0.15) is 4.98 Å². The summed E-state index contributed by atoms with van der Waals surface area (Å²) in [7, 11) is 1.63. The predicted octanol–water partition coefficient (Wildman–Crippen LogP) is 1.85. The van der Waals surface area contributed by atoms with Crippen molar-refractivity contribution in [2.75, 3.05) is 31.4 Å². The molecule has 0 aliphatic carbocycles.